The zero-order valence-corrected chi connectivity index (χ0v) is 23.7. The molecule has 6 nitrogen and oxygen atoms in total. The number of nitrogens with zero attached hydrogens (tertiary/aromatic N) is 2. The summed E-state index contributed by atoms with van der Waals surface area (Å²) in [6.45, 7) is 6.02. The predicted molar refractivity (Wildman–Crippen MR) is 159 cm³/mol. The molecule has 0 aliphatic heterocycles. The molecule has 1 aliphatic rings. The van der Waals surface area contributed by atoms with Gasteiger partial charge < -0.3 is 15.2 Å². The number of aromatic carboxylic acids is 1. The highest BCUT2D eigenvalue weighted by Crippen LogP contribution is 2.40. The molecule has 1 aromatic heterocycles. The highest BCUT2D eigenvalue weighted by Gasteiger charge is 2.22. The molecule has 9 heteroatoms. The average Bonchev–Trinajstić information content (AvgIpc) is 3.23. The standard InChI is InChI=1S/C28H29FIN3O3S/c1-17(19-13-22(28(34)35)26(24(29)14-19)32-20-9-5-4-6-10-20)15-31-27-18(2)23(16-33(27)37-30)21-11-7-8-12-25(21)36-3/h7-8,11-16,20,32H,1,4-6,9-10H2,2-3H3,(H,34,35)/b31-15-. The van der Waals surface area contributed by atoms with E-state index in [2.05, 4.69) is 38.1 Å². The smallest absolute Gasteiger partial charge is 0.337 e. The van der Waals surface area contributed by atoms with Crippen LogP contribution in [0.1, 0.15) is 53.6 Å². The molecular weight excluding hydrogens is 604 g/mol. The van der Waals surface area contributed by atoms with Gasteiger partial charge in [-0.05, 0) is 49.1 Å². The summed E-state index contributed by atoms with van der Waals surface area (Å²) in [7, 11) is 3.11. The number of anilines is 1. The third-order valence-corrected chi connectivity index (χ3v) is 8.35. The van der Waals surface area contributed by atoms with Crippen LogP contribution < -0.4 is 10.1 Å². The fourth-order valence-electron chi connectivity index (χ4n) is 4.68. The molecule has 2 N–H and O–H groups in total. The number of methoxy groups -OCH3 is 1. The highest BCUT2D eigenvalue weighted by atomic mass is 127. The normalized spacial score (nSPS) is 14.2. The van der Waals surface area contributed by atoms with Crippen molar-refractivity contribution >= 4 is 59.6 Å². The van der Waals surface area contributed by atoms with Crippen molar-refractivity contribution in [1.29, 1.82) is 0 Å². The van der Waals surface area contributed by atoms with E-state index in [0.29, 0.717) is 17.0 Å². The minimum Gasteiger partial charge on any atom is -0.496 e. The Labute approximate surface area is 232 Å². The lowest BCUT2D eigenvalue weighted by Gasteiger charge is -2.25. The van der Waals surface area contributed by atoms with Crippen LogP contribution in [0.15, 0.2) is 54.2 Å². The van der Waals surface area contributed by atoms with Crippen LogP contribution in [0, 0.1) is 12.7 Å². The van der Waals surface area contributed by atoms with E-state index in [-0.39, 0.29) is 17.3 Å². The number of benzene rings is 2. The van der Waals surface area contributed by atoms with E-state index in [1.54, 1.807) is 13.3 Å². The number of carboxylic acids is 1. The minimum absolute atomic E-state index is 0.0420. The van der Waals surface area contributed by atoms with E-state index in [4.69, 9.17) is 4.74 Å². The van der Waals surface area contributed by atoms with Crippen LogP contribution >= 0.6 is 30.3 Å². The van der Waals surface area contributed by atoms with Gasteiger partial charge in [0.25, 0.3) is 0 Å². The molecule has 37 heavy (non-hydrogen) atoms. The zero-order valence-electron chi connectivity index (χ0n) is 20.8. The second-order valence-corrected chi connectivity index (χ2v) is 10.7. The SMILES string of the molecule is C=C(/C=N\c1c(C)c(-c2ccccc2OC)cn1SI)c1cc(F)c(NC2CCCCC2)c(C(=O)O)c1. The zero-order chi connectivity index (χ0) is 26.5. The van der Waals surface area contributed by atoms with Crippen molar-refractivity contribution in [2.45, 2.75) is 45.1 Å². The van der Waals surface area contributed by atoms with Crippen LogP contribution in [0.4, 0.5) is 15.9 Å². The number of hydrogen-bond donors (Lipinski definition) is 2. The summed E-state index contributed by atoms with van der Waals surface area (Å²) < 4.78 is 22.6. The van der Waals surface area contributed by atoms with Gasteiger partial charge >= 0.3 is 5.97 Å². The van der Waals surface area contributed by atoms with E-state index in [1.807, 2.05) is 41.4 Å². The van der Waals surface area contributed by atoms with Crippen molar-refractivity contribution in [3.63, 3.8) is 0 Å². The van der Waals surface area contributed by atoms with E-state index in [1.165, 1.54) is 21.3 Å². The maximum Gasteiger partial charge on any atom is 0.337 e. The second-order valence-electron chi connectivity index (χ2n) is 9.03. The molecule has 2 aromatic carbocycles. The monoisotopic (exact) mass is 633 g/mol. The number of rotatable bonds is 9. The molecule has 0 amide bonds. The Morgan fingerprint density at radius 1 is 1.27 bits per heavy atom. The van der Waals surface area contributed by atoms with Crippen LogP contribution in [-0.4, -0.2) is 34.4 Å². The highest BCUT2D eigenvalue weighted by molar-refractivity contribution is 14.2. The summed E-state index contributed by atoms with van der Waals surface area (Å²) in [6, 6.07) is 10.7. The topological polar surface area (TPSA) is 75.8 Å². The molecule has 4 rings (SSSR count). The van der Waals surface area contributed by atoms with Crippen LogP contribution in [0.5, 0.6) is 5.75 Å². The van der Waals surface area contributed by atoms with Crippen molar-refractivity contribution in [3.8, 4) is 16.9 Å². The van der Waals surface area contributed by atoms with Gasteiger partial charge in [-0.15, -0.1) is 0 Å². The van der Waals surface area contributed by atoms with E-state index < -0.39 is 11.8 Å². The molecular formula is C28H29FIN3O3S. The average molecular weight is 634 g/mol. The van der Waals surface area contributed by atoms with E-state index in [0.717, 1.165) is 54.5 Å². The molecule has 0 spiro atoms. The quantitative estimate of drug-likeness (QED) is 0.183. The fraction of sp³-hybridized carbons (Fsp3) is 0.286. The summed E-state index contributed by atoms with van der Waals surface area (Å²) >= 11 is 2.19. The second kappa shape index (κ2) is 12.2. The molecule has 3 aromatic rings. The van der Waals surface area contributed by atoms with Gasteiger partial charge in [-0.25, -0.2) is 14.2 Å². The number of ether oxygens (including phenoxy) is 1. The Hall–Kier alpha value is -2.79. The third-order valence-electron chi connectivity index (χ3n) is 6.65. The number of hydrogen-bond acceptors (Lipinski definition) is 5. The molecule has 0 atom stereocenters. The molecule has 1 saturated carbocycles. The Morgan fingerprint density at radius 2 is 2.00 bits per heavy atom. The first-order chi connectivity index (χ1) is 17.8. The Balaban J connectivity index is 1.64. The number of carboxylic acid groups (broad SMARTS) is 1. The first-order valence-corrected chi connectivity index (χ1v) is 15.4. The number of halogens is 2. The van der Waals surface area contributed by atoms with Crippen LogP contribution in [0.25, 0.3) is 16.7 Å². The molecule has 1 aliphatic carbocycles. The van der Waals surface area contributed by atoms with Gasteiger partial charge in [0, 0.05) is 65.5 Å². The lowest BCUT2D eigenvalue weighted by Crippen LogP contribution is -2.24. The van der Waals surface area contributed by atoms with Crippen molar-refractivity contribution in [3.05, 3.63) is 71.7 Å². The molecule has 0 radical (unpaired) electrons. The van der Waals surface area contributed by atoms with Crippen molar-refractivity contribution in [2.24, 2.45) is 4.99 Å². The van der Waals surface area contributed by atoms with E-state index in [9.17, 15) is 9.90 Å². The van der Waals surface area contributed by atoms with E-state index >= 15 is 4.39 Å². The summed E-state index contributed by atoms with van der Waals surface area (Å²) in [5.74, 6) is -0.317. The Bertz CT molecular complexity index is 1350. The first-order valence-electron chi connectivity index (χ1n) is 12.0. The maximum atomic E-state index is 15.2. The summed E-state index contributed by atoms with van der Waals surface area (Å²) in [5.41, 5.74) is 3.61. The fourth-order valence-corrected chi connectivity index (χ4v) is 5.97. The summed E-state index contributed by atoms with van der Waals surface area (Å²) in [6.07, 6.45) is 8.63. The Kier molecular flexibility index (Phi) is 8.96. The molecule has 0 bridgehead atoms. The number of carbonyl (C=O) groups is 1. The van der Waals surface area contributed by atoms with Crippen LogP contribution in [0.2, 0.25) is 0 Å². The molecule has 1 fully saturated rings. The number of nitrogens with one attached hydrogen (secondary N) is 1. The van der Waals surface area contributed by atoms with Crippen molar-refractivity contribution < 1.29 is 19.0 Å². The van der Waals surface area contributed by atoms with Gasteiger partial charge in [-0.1, -0.05) is 44.0 Å². The van der Waals surface area contributed by atoms with Crippen LogP contribution in [0.3, 0.4) is 0 Å². The lowest BCUT2D eigenvalue weighted by atomic mass is 9.94. The van der Waals surface area contributed by atoms with Gasteiger partial charge in [-0.2, -0.15) is 0 Å². The molecule has 194 valence electrons. The Morgan fingerprint density at radius 3 is 2.68 bits per heavy atom. The lowest BCUT2D eigenvalue weighted by molar-refractivity contribution is 0.0697. The predicted octanol–water partition coefficient (Wildman–Crippen LogP) is 8.32. The minimum atomic E-state index is -1.18. The number of aliphatic imine (C=N–C) groups is 1. The first kappa shape index (κ1) is 27.3. The van der Waals surface area contributed by atoms with Crippen molar-refractivity contribution in [2.75, 3.05) is 12.4 Å². The summed E-state index contributed by atoms with van der Waals surface area (Å²) in [4.78, 5) is 16.7. The van der Waals surface area contributed by atoms with Gasteiger partial charge in [0.1, 0.15) is 17.4 Å². The largest absolute Gasteiger partial charge is 0.496 e. The molecule has 1 heterocycles. The van der Waals surface area contributed by atoms with Gasteiger partial charge in [-0.3, -0.25) is 3.97 Å². The van der Waals surface area contributed by atoms with Crippen molar-refractivity contribution in [1.82, 2.24) is 3.97 Å². The number of allylic oxidation sites excluding steroid dienone is 1. The molecule has 0 saturated heterocycles. The van der Waals surface area contributed by atoms with Crippen LogP contribution in [-0.2, 0) is 0 Å². The van der Waals surface area contributed by atoms with Gasteiger partial charge in [0.2, 0.25) is 0 Å². The third kappa shape index (κ3) is 6.04. The molecule has 0 unspecified atom stereocenters. The summed E-state index contributed by atoms with van der Waals surface area (Å²) in [5, 5.41) is 12.9. The maximum absolute atomic E-state index is 15.2. The number of aromatic nitrogens is 1. The van der Waals surface area contributed by atoms with Gasteiger partial charge in [0.15, 0.2) is 0 Å². The van der Waals surface area contributed by atoms with Gasteiger partial charge in [0.05, 0.1) is 18.4 Å². The number of para-hydroxylation sites is 1.